The highest BCUT2D eigenvalue weighted by atomic mass is 16.2. The van der Waals surface area contributed by atoms with Gasteiger partial charge in [0, 0.05) is 38.8 Å². The molecule has 0 bridgehead atoms. The summed E-state index contributed by atoms with van der Waals surface area (Å²) in [6.07, 6.45) is 3.48. The number of hydrogen-bond donors (Lipinski definition) is 0. The number of amides is 2. The monoisotopic (exact) mass is 364 g/mol. The molecule has 0 aromatic heterocycles. The normalized spacial score (nSPS) is 29.9. The smallest absolute Gasteiger partial charge is 0.236 e. The Bertz CT molecular complexity index is 532. The van der Waals surface area contributed by atoms with Crippen LogP contribution in [0.25, 0.3) is 0 Å². The van der Waals surface area contributed by atoms with Gasteiger partial charge in [0.05, 0.1) is 12.0 Å². The lowest BCUT2D eigenvalue weighted by Gasteiger charge is -2.28. The van der Waals surface area contributed by atoms with Crippen molar-refractivity contribution in [2.45, 2.75) is 46.1 Å². The van der Waals surface area contributed by atoms with E-state index in [2.05, 4.69) is 35.5 Å². The van der Waals surface area contributed by atoms with Crippen LogP contribution in [0.5, 0.6) is 0 Å². The molecule has 3 heterocycles. The molecule has 1 spiro atoms. The Morgan fingerprint density at radius 3 is 2.58 bits per heavy atom. The first-order chi connectivity index (χ1) is 12.3. The zero-order valence-electron chi connectivity index (χ0n) is 17.0. The molecule has 6 heteroatoms. The van der Waals surface area contributed by atoms with Crippen molar-refractivity contribution in [3.63, 3.8) is 0 Å². The second kappa shape index (κ2) is 7.85. The summed E-state index contributed by atoms with van der Waals surface area (Å²) in [6.45, 7) is 13.2. The van der Waals surface area contributed by atoms with E-state index in [9.17, 15) is 9.59 Å². The van der Waals surface area contributed by atoms with E-state index in [0.717, 1.165) is 32.6 Å². The van der Waals surface area contributed by atoms with Crippen molar-refractivity contribution in [1.29, 1.82) is 0 Å². The van der Waals surface area contributed by atoms with Crippen molar-refractivity contribution in [1.82, 2.24) is 19.6 Å². The maximum absolute atomic E-state index is 13.2. The first-order valence-corrected chi connectivity index (χ1v) is 10.3. The Hall–Kier alpha value is -1.14. The zero-order chi connectivity index (χ0) is 18.9. The second-order valence-electron chi connectivity index (χ2n) is 8.93. The molecule has 3 rings (SSSR count). The zero-order valence-corrected chi connectivity index (χ0v) is 17.0. The molecule has 148 valence electrons. The summed E-state index contributed by atoms with van der Waals surface area (Å²) in [5.74, 6) is 0.699. The second-order valence-corrected chi connectivity index (χ2v) is 8.93. The lowest BCUT2D eigenvalue weighted by Crippen LogP contribution is -2.44. The van der Waals surface area contributed by atoms with Gasteiger partial charge in [-0.15, -0.1) is 0 Å². The summed E-state index contributed by atoms with van der Waals surface area (Å²) in [5.41, 5.74) is -0.336. The van der Waals surface area contributed by atoms with Gasteiger partial charge in [-0.3, -0.25) is 14.5 Å². The summed E-state index contributed by atoms with van der Waals surface area (Å²) in [6, 6.07) is 0.349. The standard InChI is InChI=1S/C20H36N4O2/c1-16(2)21(4)14-18(25)24-13-17(3)20(15-24)7-10-23(19(20)26)12-11-22-8-5-6-9-22/h16-17H,5-15H2,1-4H3/t17-,20-/m1/s1. The van der Waals surface area contributed by atoms with Crippen LogP contribution < -0.4 is 0 Å². The fourth-order valence-electron chi connectivity index (χ4n) is 4.70. The lowest BCUT2D eigenvalue weighted by molar-refractivity contribution is -0.137. The Balaban J connectivity index is 1.57. The minimum absolute atomic E-state index is 0.160. The number of rotatable bonds is 6. The molecule has 2 atom stereocenters. The van der Waals surface area contributed by atoms with Gasteiger partial charge >= 0.3 is 0 Å². The molecule has 6 nitrogen and oxygen atoms in total. The molecule has 3 saturated heterocycles. The molecule has 3 aliphatic heterocycles. The van der Waals surface area contributed by atoms with E-state index in [1.807, 2.05) is 11.9 Å². The third-order valence-electron chi connectivity index (χ3n) is 6.96. The molecule has 0 radical (unpaired) electrons. The average Bonchev–Trinajstić information content (AvgIpc) is 3.29. The van der Waals surface area contributed by atoms with Crippen molar-refractivity contribution in [3.05, 3.63) is 0 Å². The summed E-state index contributed by atoms with van der Waals surface area (Å²) in [4.78, 5) is 34.4. The van der Waals surface area contributed by atoms with Crippen LogP contribution in [0, 0.1) is 11.3 Å². The van der Waals surface area contributed by atoms with Gasteiger partial charge in [0.25, 0.3) is 0 Å². The molecule has 0 unspecified atom stereocenters. The lowest BCUT2D eigenvalue weighted by atomic mass is 9.78. The van der Waals surface area contributed by atoms with Gasteiger partial charge in [-0.05, 0) is 59.2 Å². The molecule has 0 saturated carbocycles. The van der Waals surface area contributed by atoms with E-state index in [1.54, 1.807) is 0 Å². The van der Waals surface area contributed by atoms with Gasteiger partial charge in [0.1, 0.15) is 0 Å². The SMILES string of the molecule is CC(C)N(C)CC(=O)N1C[C@@H](C)[C@@]2(CCN(CCN3CCCC3)C2=O)C1. The van der Waals surface area contributed by atoms with Gasteiger partial charge in [0.15, 0.2) is 0 Å². The quantitative estimate of drug-likeness (QED) is 0.709. The Kier molecular flexibility index (Phi) is 5.92. The number of carbonyl (C=O) groups is 2. The molecule has 3 fully saturated rings. The molecule has 26 heavy (non-hydrogen) atoms. The minimum Gasteiger partial charge on any atom is -0.341 e. The van der Waals surface area contributed by atoms with Gasteiger partial charge in [-0.25, -0.2) is 0 Å². The van der Waals surface area contributed by atoms with E-state index in [4.69, 9.17) is 0 Å². The largest absolute Gasteiger partial charge is 0.341 e. The van der Waals surface area contributed by atoms with Crippen LogP contribution in [-0.4, -0.2) is 96.9 Å². The van der Waals surface area contributed by atoms with E-state index >= 15 is 0 Å². The summed E-state index contributed by atoms with van der Waals surface area (Å²) in [7, 11) is 1.98. The summed E-state index contributed by atoms with van der Waals surface area (Å²) in [5, 5.41) is 0. The van der Waals surface area contributed by atoms with Crippen molar-refractivity contribution in [2.24, 2.45) is 11.3 Å². The first kappa shape index (κ1) is 19.6. The molecule has 0 aromatic carbocycles. The highest BCUT2D eigenvalue weighted by molar-refractivity contribution is 5.88. The number of hydrogen-bond acceptors (Lipinski definition) is 4. The average molecular weight is 365 g/mol. The molecule has 0 aromatic rings. The van der Waals surface area contributed by atoms with Gasteiger partial charge < -0.3 is 14.7 Å². The van der Waals surface area contributed by atoms with E-state index in [1.165, 1.54) is 25.9 Å². The van der Waals surface area contributed by atoms with E-state index in [0.29, 0.717) is 19.1 Å². The van der Waals surface area contributed by atoms with Crippen LogP contribution in [0.1, 0.15) is 40.0 Å². The number of carbonyl (C=O) groups excluding carboxylic acids is 2. The third-order valence-corrected chi connectivity index (χ3v) is 6.96. The highest BCUT2D eigenvalue weighted by Gasteiger charge is 2.55. The van der Waals surface area contributed by atoms with Crippen LogP contribution in [0.2, 0.25) is 0 Å². The van der Waals surface area contributed by atoms with E-state index in [-0.39, 0.29) is 23.1 Å². The highest BCUT2D eigenvalue weighted by Crippen LogP contribution is 2.44. The van der Waals surface area contributed by atoms with Gasteiger partial charge in [0.2, 0.25) is 11.8 Å². The number of likely N-dealkylation sites (tertiary alicyclic amines) is 3. The molecule has 0 N–H and O–H groups in total. The van der Waals surface area contributed by atoms with Crippen LogP contribution in [0.3, 0.4) is 0 Å². The minimum atomic E-state index is -0.336. The summed E-state index contributed by atoms with van der Waals surface area (Å²) >= 11 is 0. The molecular formula is C20H36N4O2. The molecule has 2 amide bonds. The Morgan fingerprint density at radius 1 is 1.23 bits per heavy atom. The molecular weight excluding hydrogens is 328 g/mol. The predicted octanol–water partition coefficient (Wildman–Crippen LogP) is 1.12. The van der Waals surface area contributed by atoms with E-state index < -0.39 is 0 Å². The molecule has 0 aliphatic carbocycles. The Morgan fingerprint density at radius 2 is 1.92 bits per heavy atom. The number of likely N-dealkylation sites (N-methyl/N-ethyl adjacent to an activating group) is 1. The van der Waals surface area contributed by atoms with Crippen LogP contribution in [0.4, 0.5) is 0 Å². The predicted molar refractivity (Wildman–Crippen MR) is 103 cm³/mol. The van der Waals surface area contributed by atoms with Crippen molar-refractivity contribution in [3.8, 4) is 0 Å². The van der Waals surface area contributed by atoms with Crippen molar-refractivity contribution >= 4 is 11.8 Å². The number of nitrogens with zero attached hydrogens (tertiary/aromatic N) is 4. The van der Waals surface area contributed by atoms with Gasteiger partial charge in [-0.2, -0.15) is 0 Å². The van der Waals surface area contributed by atoms with Crippen LogP contribution >= 0.6 is 0 Å². The topological polar surface area (TPSA) is 47.1 Å². The van der Waals surface area contributed by atoms with Crippen molar-refractivity contribution in [2.75, 3.05) is 59.4 Å². The van der Waals surface area contributed by atoms with Crippen molar-refractivity contribution < 1.29 is 9.59 Å². The summed E-state index contributed by atoms with van der Waals surface area (Å²) < 4.78 is 0. The maximum atomic E-state index is 13.2. The van der Waals surface area contributed by atoms with Gasteiger partial charge in [-0.1, -0.05) is 6.92 Å². The fraction of sp³-hybridized carbons (Fsp3) is 0.900. The third kappa shape index (κ3) is 3.77. The Labute approximate surface area is 158 Å². The maximum Gasteiger partial charge on any atom is 0.236 e. The van der Waals surface area contributed by atoms with Crippen LogP contribution in [0.15, 0.2) is 0 Å². The fourth-order valence-corrected chi connectivity index (χ4v) is 4.70. The van der Waals surface area contributed by atoms with Crippen LogP contribution in [-0.2, 0) is 9.59 Å². The first-order valence-electron chi connectivity index (χ1n) is 10.3. The molecule has 3 aliphatic rings.